The highest BCUT2D eigenvalue weighted by Crippen LogP contribution is 2.11. The van der Waals surface area contributed by atoms with Crippen molar-refractivity contribution in [1.82, 2.24) is 20.1 Å². The summed E-state index contributed by atoms with van der Waals surface area (Å²) in [5.41, 5.74) is 1.02. The maximum atomic E-state index is 11.8. The molecular formula is C19H31N5O3. The van der Waals surface area contributed by atoms with Gasteiger partial charge in [0.15, 0.2) is 5.96 Å². The highest BCUT2D eigenvalue weighted by molar-refractivity contribution is 5.80. The van der Waals surface area contributed by atoms with Crippen LogP contribution in [0.5, 0.6) is 5.88 Å². The molecule has 1 aromatic rings. The lowest BCUT2D eigenvalue weighted by molar-refractivity contribution is 0.0914. The number of carbonyl (C=O) groups excluding carboxylic acids is 1. The number of amides is 1. The molecule has 1 saturated heterocycles. The minimum absolute atomic E-state index is 0.106. The Bertz CT molecular complexity index is 610. The van der Waals surface area contributed by atoms with Gasteiger partial charge in [0, 0.05) is 45.0 Å². The lowest BCUT2D eigenvalue weighted by Crippen LogP contribution is -2.53. The van der Waals surface area contributed by atoms with E-state index in [0.717, 1.165) is 31.2 Å². The summed E-state index contributed by atoms with van der Waals surface area (Å²) in [4.78, 5) is 24.8. The van der Waals surface area contributed by atoms with E-state index in [1.165, 1.54) is 0 Å². The van der Waals surface area contributed by atoms with Crippen molar-refractivity contribution in [3.63, 3.8) is 0 Å². The molecule has 0 radical (unpaired) electrons. The molecule has 2 heterocycles. The third-order valence-electron chi connectivity index (χ3n) is 4.01. The first-order valence-electron chi connectivity index (χ1n) is 9.60. The van der Waals surface area contributed by atoms with E-state index in [1.807, 2.05) is 39.8 Å². The highest BCUT2D eigenvalue weighted by Gasteiger charge is 2.23. The van der Waals surface area contributed by atoms with Gasteiger partial charge in [0.1, 0.15) is 0 Å². The average molecular weight is 377 g/mol. The first-order chi connectivity index (χ1) is 13.0. The van der Waals surface area contributed by atoms with Crippen LogP contribution in [0.25, 0.3) is 0 Å². The molecular weight excluding hydrogens is 346 g/mol. The zero-order valence-electron chi connectivity index (χ0n) is 16.8. The molecule has 0 saturated carbocycles. The summed E-state index contributed by atoms with van der Waals surface area (Å²) in [5.74, 6) is 1.48. The topological polar surface area (TPSA) is 79.3 Å². The minimum Gasteiger partial charge on any atom is -0.475 e. The monoisotopic (exact) mass is 377 g/mol. The number of hydrogen-bond acceptors (Lipinski definition) is 5. The Labute approximate surface area is 161 Å². The molecule has 0 unspecified atom stereocenters. The molecule has 0 aliphatic carbocycles. The Kier molecular flexibility index (Phi) is 8.16. The Morgan fingerprint density at radius 2 is 1.93 bits per heavy atom. The van der Waals surface area contributed by atoms with Crippen LogP contribution in [0.15, 0.2) is 23.3 Å². The predicted molar refractivity (Wildman–Crippen MR) is 105 cm³/mol. The Morgan fingerprint density at radius 1 is 1.22 bits per heavy atom. The van der Waals surface area contributed by atoms with Gasteiger partial charge in [-0.3, -0.25) is 0 Å². The molecule has 8 heteroatoms. The van der Waals surface area contributed by atoms with Crippen LogP contribution in [-0.4, -0.2) is 72.3 Å². The number of piperazine rings is 1. The molecule has 1 aliphatic heterocycles. The summed E-state index contributed by atoms with van der Waals surface area (Å²) in [6, 6.07) is 3.85. The number of ether oxygens (including phenoxy) is 2. The number of aliphatic imine (C=N–C) groups is 1. The molecule has 1 fully saturated rings. The molecule has 27 heavy (non-hydrogen) atoms. The first-order valence-corrected chi connectivity index (χ1v) is 9.60. The van der Waals surface area contributed by atoms with Gasteiger partial charge in [0.2, 0.25) is 5.88 Å². The standard InChI is InChI=1S/C19H31N5O3/c1-5-20-18(23-9-11-24(12-10-23)19(25)26-6-2)22-14-16-7-8-17(21-13-16)27-15(3)4/h7-8,13,15H,5-6,9-12,14H2,1-4H3,(H,20,22). The maximum absolute atomic E-state index is 11.8. The fourth-order valence-corrected chi connectivity index (χ4v) is 2.72. The molecule has 1 aliphatic rings. The van der Waals surface area contributed by atoms with Gasteiger partial charge in [-0.15, -0.1) is 0 Å². The van der Waals surface area contributed by atoms with Crippen molar-refractivity contribution in [2.75, 3.05) is 39.3 Å². The van der Waals surface area contributed by atoms with Gasteiger partial charge in [-0.25, -0.2) is 14.8 Å². The van der Waals surface area contributed by atoms with Gasteiger partial charge in [0.25, 0.3) is 0 Å². The molecule has 0 aromatic carbocycles. The van der Waals surface area contributed by atoms with Gasteiger partial charge in [-0.05, 0) is 33.3 Å². The van der Waals surface area contributed by atoms with Crippen LogP contribution in [0.3, 0.4) is 0 Å². The molecule has 0 atom stereocenters. The normalized spacial score (nSPS) is 15.1. The van der Waals surface area contributed by atoms with Crippen LogP contribution < -0.4 is 10.1 Å². The lowest BCUT2D eigenvalue weighted by atomic mass is 10.3. The van der Waals surface area contributed by atoms with E-state index < -0.39 is 0 Å². The minimum atomic E-state index is -0.242. The van der Waals surface area contributed by atoms with Crippen molar-refractivity contribution in [3.05, 3.63) is 23.9 Å². The SMILES string of the molecule is CCNC(=NCc1ccc(OC(C)C)nc1)N1CCN(C(=O)OCC)CC1. The molecule has 8 nitrogen and oxygen atoms in total. The van der Waals surface area contributed by atoms with Crippen molar-refractivity contribution in [3.8, 4) is 5.88 Å². The van der Waals surface area contributed by atoms with Gasteiger partial charge in [-0.1, -0.05) is 6.07 Å². The van der Waals surface area contributed by atoms with Gasteiger partial charge in [-0.2, -0.15) is 0 Å². The molecule has 150 valence electrons. The van der Waals surface area contributed by atoms with E-state index in [1.54, 1.807) is 11.1 Å². The van der Waals surface area contributed by atoms with Crippen molar-refractivity contribution in [1.29, 1.82) is 0 Å². The van der Waals surface area contributed by atoms with E-state index in [0.29, 0.717) is 32.1 Å². The number of nitrogens with zero attached hydrogens (tertiary/aromatic N) is 4. The van der Waals surface area contributed by atoms with E-state index in [9.17, 15) is 4.79 Å². The third kappa shape index (κ3) is 6.62. The van der Waals surface area contributed by atoms with Crippen LogP contribution in [0, 0.1) is 0 Å². The Balaban J connectivity index is 1.93. The largest absolute Gasteiger partial charge is 0.475 e. The number of hydrogen-bond donors (Lipinski definition) is 1. The van der Waals surface area contributed by atoms with Crippen LogP contribution in [0.1, 0.15) is 33.3 Å². The number of pyridine rings is 1. The number of aromatic nitrogens is 1. The Hall–Kier alpha value is -2.51. The second-order valence-electron chi connectivity index (χ2n) is 6.51. The van der Waals surface area contributed by atoms with Gasteiger partial charge >= 0.3 is 6.09 Å². The van der Waals surface area contributed by atoms with E-state index in [2.05, 4.69) is 15.2 Å². The number of rotatable bonds is 6. The maximum Gasteiger partial charge on any atom is 0.409 e. The zero-order chi connectivity index (χ0) is 19.6. The summed E-state index contributed by atoms with van der Waals surface area (Å²) in [7, 11) is 0. The van der Waals surface area contributed by atoms with Crippen molar-refractivity contribution in [2.24, 2.45) is 4.99 Å². The average Bonchev–Trinajstić information content (AvgIpc) is 2.66. The molecule has 1 N–H and O–H groups in total. The van der Waals surface area contributed by atoms with Crippen LogP contribution in [-0.2, 0) is 11.3 Å². The molecule has 1 amide bonds. The quantitative estimate of drug-likeness (QED) is 0.604. The predicted octanol–water partition coefficient (Wildman–Crippen LogP) is 2.11. The van der Waals surface area contributed by atoms with Crippen molar-refractivity contribution < 1.29 is 14.3 Å². The zero-order valence-corrected chi connectivity index (χ0v) is 16.8. The van der Waals surface area contributed by atoms with Crippen LogP contribution in [0.2, 0.25) is 0 Å². The lowest BCUT2D eigenvalue weighted by Gasteiger charge is -2.35. The Morgan fingerprint density at radius 3 is 2.48 bits per heavy atom. The molecule has 0 spiro atoms. The summed E-state index contributed by atoms with van der Waals surface area (Å²) < 4.78 is 10.6. The third-order valence-corrected chi connectivity index (χ3v) is 4.01. The summed E-state index contributed by atoms with van der Waals surface area (Å²) in [5, 5.41) is 3.33. The summed E-state index contributed by atoms with van der Waals surface area (Å²) in [6.07, 6.45) is 1.66. The molecule has 2 rings (SSSR count). The molecule has 1 aromatic heterocycles. The summed E-state index contributed by atoms with van der Waals surface area (Å²) in [6.45, 7) is 12.3. The van der Waals surface area contributed by atoms with Crippen LogP contribution >= 0.6 is 0 Å². The van der Waals surface area contributed by atoms with Gasteiger partial charge < -0.3 is 24.6 Å². The second kappa shape index (κ2) is 10.6. The second-order valence-corrected chi connectivity index (χ2v) is 6.51. The van der Waals surface area contributed by atoms with Crippen LogP contribution in [0.4, 0.5) is 4.79 Å². The van der Waals surface area contributed by atoms with E-state index >= 15 is 0 Å². The highest BCUT2D eigenvalue weighted by atomic mass is 16.6. The van der Waals surface area contributed by atoms with Crippen molar-refractivity contribution >= 4 is 12.1 Å². The smallest absolute Gasteiger partial charge is 0.409 e. The van der Waals surface area contributed by atoms with Crippen molar-refractivity contribution in [2.45, 2.75) is 40.3 Å². The fraction of sp³-hybridized carbons (Fsp3) is 0.632. The number of nitrogens with one attached hydrogen (secondary N) is 1. The van der Waals surface area contributed by atoms with E-state index in [4.69, 9.17) is 14.5 Å². The van der Waals surface area contributed by atoms with E-state index in [-0.39, 0.29) is 12.2 Å². The summed E-state index contributed by atoms with van der Waals surface area (Å²) >= 11 is 0. The molecule has 0 bridgehead atoms. The number of guanidine groups is 1. The first kappa shape index (κ1) is 20.8. The van der Waals surface area contributed by atoms with Gasteiger partial charge in [0.05, 0.1) is 19.3 Å². The number of carbonyl (C=O) groups is 1. The fourth-order valence-electron chi connectivity index (χ4n) is 2.72.